The van der Waals surface area contributed by atoms with Crippen molar-refractivity contribution in [3.8, 4) is 5.69 Å². The normalized spacial score (nSPS) is 22.7. The van der Waals surface area contributed by atoms with Gasteiger partial charge in [-0.05, 0) is 12.1 Å². The average Bonchev–Trinajstić information content (AvgIpc) is 3.26. The zero-order valence-electron chi connectivity index (χ0n) is 13.8. The molecular weight excluding hydrogens is 324 g/mol. The van der Waals surface area contributed by atoms with Gasteiger partial charge >= 0.3 is 6.09 Å². The summed E-state index contributed by atoms with van der Waals surface area (Å²) in [5.74, 6) is -0.269. The van der Waals surface area contributed by atoms with Crippen LogP contribution in [-0.2, 0) is 4.74 Å². The maximum absolute atomic E-state index is 12.7. The fraction of sp³-hybridized carbons (Fsp3) is 0.353. The highest BCUT2D eigenvalue weighted by Gasteiger charge is 2.49. The quantitative estimate of drug-likeness (QED) is 0.876. The molecule has 2 aliphatic heterocycles. The number of nitrogens with zero attached hydrogens (tertiary/aromatic N) is 3. The van der Waals surface area contributed by atoms with Crippen molar-refractivity contribution in [3.63, 3.8) is 0 Å². The first-order chi connectivity index (χ1) is 12.0. The minimum absolute atomic E-state index is 0.226. The van der Waals surface area contributed by atoms with Gasteiger partial charge in [0.2, 0.25) is 0 Å². The van der Waals surface area contributed by atoms with E-state index in [9.17, 15) is 14.4 Å². The summed E-state index contributed by atoms with van der Waals surface area (Å²) < 4.78 is 6.79. The predicted molar refractivity (Wildman–Crippen MR) is 88.8 cm³/mol. The molecule has 2 aliphatic rings. The minimum atomic E-state index is -0.635. The second-order valence-corrected chi connectivity index (χ2v) is 6.56. The maximum Gasteiger partial charge on any atom is 0.410 e. The molecule has 1 spiro atoms. The van der Waals surface area contributed by atoms with Crippen LogP contribution >= 0.6 is 0 Å². The maximum atomic E-state index is 12.7. The molecule has 2 fully saturated rings. The summed E-state index contributed by atoms with van der Waals surface area (Å²) >= 11 is 0. The van der Waals surface area contributed by atoms with Gasteiger partial charge in [-0.3, -0.25) is 14.7 Å². The van der Waals surface area contributed by atoms with Gasteiger partial charge in [0.25, 0.3) is 11.5 Å². The van der Waals surface area contributed by atoms with Crippen molar-refractivity contribution in [1.29, 1.82) is 0 Å². The number of ether oxygens (including phenoxy) is 1. The van der Waals surface area contributed by atoms with E-state index >= 15 is 0 Å². The van der Waals surface area contributed by atoms with Crippen LogP contribution in [0.3, 0.4) is 0 Å². The Labute approximate surface area is 143 Å². The number of likely N-dealkylation sites (N-methyl/N-ethyl adjacent to an activating group) is 1. The van der Waals surface area contributed by atoms with E-state index in [1.807, 2.05) is 18.2 Å². The fourth-order valence-electron chi connectivity index (χ4n) is 3.47. The Balaban J connectivity index is 1.55. The van der Waals surface area contributed by atoms with Crippen LogP contribution in [0.5, 0.6) is 0 Å². The number of aromatic amines is 1. The number of rotatable bonds is 2. The number of hydrogen-bond donors (Lipinski definition) is 1. The van der Waals surface area contributed by atoms with Gasteiger partial charge in [0.15, 0.2) is 5.60 Å². The molecule has 25 heavy (non-hydrogen) atoms. The molecular formula is C17H18N4O4. The van der Waals surface area contributed by atoms with Gasteiger partial charge in [-0.2, -0.15) is 0 Å². The smallest absolute Gasteiger partial charge is 0.410 e. The van der Waals surface area contributed by atoms with Gasteiger partial charge in [0, 0.05) is 26.1 Å². The van der Waals surface area contributed by atoms with Gasteiger partial charge in [0.1, 0.15) is 5.69 Å². The zero-order chi connectivity index (χ0) is 17.6. The lowest BCUT2D eigenvalue weighted by Crippen LogP contribution is -2.39. The highest BCUT2D eigenvalue weighted by molar-refractivity contribution is 5.92. The van der Waals surface area contributed by atoms with E-state index in [4.69, 9.17) is 4.74 Å². The molecule has 0 unspecified atom stereocenters. The lowest BCUT2D eigenvalue weighted by Gasteiger charge is -2.21. The van der Waals surface area contributed by atoms with Crippen LogP contribution in [0.15, 0.2) is 41.2 Å². The van der Waals surface area contributed by atoms with Crippen molar-refractivity contribution in [2.75, 3.05) is 26.7 Å². The van der Waals surface area contributed by atoms with Gasteiger partial charge in [-0.1, -0.05) is 18.2 Å². The summed E-state index contributed by atoms with van der Waals surface area (Å²) in [5, 5.41) is 2.87. The number of amides is 2. The first-order valence-electron chi connectivity index (χ1n) is 8.08. The molecule has 1 aromatic heterocycles. The second kappa shape index (κ2) is 5.51. The topological polar surface area (TPSA) is 87.6 Å². The SMILES string of the molecule is CN1C[C@@]2(CCN(C(=O)c3cc(=O)n(-c4ccccc4)[nH]3)C2)OC1=O. The predicted octanol–water partition coefficient (Wildman–Crippen LogP) is 0.832. The van der Waals surface area contributed by atoms with Crippen molar-refractivity contribution in [1.82, 2.24) is 19.6 Å². The number of carbonyl (C=O) groups excluding carboxylic acids is 2. The van der Waals surface area contributed by atoms with Crippen LogP contribution in [0.25, 0.3) is 5.69 Å². The molecule has 0 radical (unpaired) electrons. The number of aromatic nitrogens is 2. The summed E-state index contributed by atoms with van der Waals surface area (Å²) in [7, 11) is 1.68. The molecule has 1 aromatic carbocycles. The number of benzene rings is 1. The van der Waals surface area contributed by atoms with Crippen molar-refractivity contribution < 1.29 is 14.3 Å². The van der Waals surface area contributed by atoms with Gasteiger partial charge in [-0.25, -0.2) is 9.48 Å². The van der Waals surface area contributed by atoms with Crippen molar-refractivity contribution in [2.45, 2.75) is 12.0 Å². The second-order valence-electron chi connectivity index (χ2n) is 6.56. The summed E-state index contributed by atoms with van der Waals surface area (Å²) in [5.41, 5.74) is -0.0427. The number of likely N-dealkylation sites (tertiary alicyclic amines) is 1. The molecule has 8 nitrogen and oxygen atoms in total. The molecule has 8 heteroatoms. The molecule has 0 saturated carbocycles. The molecule has 2 aromatic rings. The van der Waals surface area contributed by atoms with E-state index in [-0.39, 0.29) is 23.3 Å². The van der Waals surface area contributed by atoms with E-state index in [2.05, 4.69) is 5.10 Å². The molecule has 2 amide bonds. The van der Waals surface area contributed by atoms with Crippen LogP contribution in [0.1, 0.15) is 16.9 Å². The monoisotopic (exact) mass is 342 g/mol. The number of hydrogen-bond acceptors (Lipinski definition) is 4. The number of H-pyrrole nitrogens is 1. The Morgan fingerprint density at radius 1 is 1.20 bits per heavy atom. The lowest BCUT2D eigenvalue weighted by molar-refractivity contribution is 0.0550. The van der Waals surface area contributed by atoms with Crippen LogP contribution in [0, 0.1) is 0 Å². The summed E-state index contributed by atoms with van der Waals surface area (Å²) in [6.07, 6.45) is 0.233. The average molecular weight is 342 g/mol. The Kier molecular flexibility index (Phi) is 3.41. The van der Waals surface area contributed by atoms with Gasteiger partial charge in [-0.15, -0.1) is 0 Å². The molecule has 4 rings (SSSR count). The first-order valence-corrected chi connectivity index (χ1v) is 8.08. The highest BCUT2D eigenvalue weighted by atomic mass is 16.6. The Hall–Kier alpha value is -3.03. The van der Waals surface area contributed by atoms with Crippen molar-refractivity contribution in [2.24, 2.45) is 0 Å². The Morgan fingerprint density at radius 3 is 2.64 bits per heavy atom. The van der Waals surface area contributed by atoms with Crippen molar-refractivity contribution in [3.05, 3.63) is 52.4 Å². The Morgan fingerprint density at radius 2 is 1.96 bits per heavy atom. The first kappa shape index (κ1) is 15.5. The van der Waals surface area contributed by atoms with E-state index in [1.165, 1.54) is 15.6 Å². The molecule has 130 valence electrons. The number of nitrogens with one attached hydrogen (secondary N) is 1. The third-order valence-corrected chi connectivity index (χ3v) is 4.71. The van der Waals surface area contributed by atoms with Crippen LogP contribution in [-0.4, -0.2) is 63.9 Å². The number of carbonyl (C=O) groups is 2. The molecule has 0 bridgehead atoms. The third-order valence-electron chi connectivity index (χ3n) is 4.71. The largest absolute Gasteiger partial charge is 0.439 e. The van der Waals surface area contributed by atoms with E-state index in [1.54, 1.807) is 24.1 Å². The summed E-state index contributed by atoms with van der Waals surface area (Å²) in [4.78, 5) is 39.7. The molecule has 3 heterocycles. The lowest BCUT2D eigenvalue weighted by atomic mass is 10.0. The minimum Gasteiger partial charge on any atom is -0.439 e. The molecule has 0 aliphatic carbocycles. The number of para-hydroxylation sites is 1. The van der Waals surface area contributed by atoms with E-state index in [0.717, 1.165) is 0 Å². The van der Waals surface area contributed by atoms with E-state index in [0.29, 0.717) is 31.7 Å². The molecule has 1 atom stereocenters. The zero-order valence-corrected chi connectivity index (χ0v) is 13.8. The fourth-order valence-corrected chi connectivity index (χ4v) is 3.47. The van der Waals surface area contributed by atoms with Gasteiger partial charge < -0.3 is 14.5 Å². The molecule has 1 N–H and O–H groups in total. The van der Waals surface area contributed by atoms with Crippen molar-refractivity contribution >= 4 is 12.0 Å². The van der Waals surface area contributed by atoms with Crippen LogP contribution < -0.4 is 5.56 Å². The summed E-state index contributed by atoms with van der Waals surface area (Å²) in [6.45, 7) is 1.29. The van der Waals surface area contributed by atoms with Crippen LogP contribution in [0.4, 0.5) is 4.79 Å². The molecule has 2 saturated heterocycles. The van der Waals surface area contributed by atoms with E-state index < -0.39 is 5.60 Å². The standard InChI is InChI=1S/C17H18N4O4/c1-19-10-17(25-16(19)24)7-8-20(11-17)15(23)13-9-14(22)21(18-13)12-5-3-2-4-6-12/h2-6,9,18H,7-8,10-11H2,1H3/t17-/m1/s1. The van der Waals surface area contributed by atoms with Gasteiger partial charge in [0.05, 0.1) is 18.8 Å². The summed E-state index contributed by atoms with van der Waals surface area (Å²) in [6, 6.07) is 10.4. The highest BCUT2D eigenvalue weighted by Crippen LogP contribution is 2.32. The third kappa shape index (κ3) is 2.59. The van der Waals surface area contributed by atoms with Crippen LogP contribution in [0.2, 0.25) is 0 Å². The Bertz CT molecular complexity index is 888.